The van der Waals surface area contributed by atoms with Crippen LogP contribution in [0.3, 0.4) is 0 Å². The average Bonchev–Trinajstić information content (AvgIpc) is 2.61. The molecule has 2 rings (SSSR count). The van der Waals surface area contributed by atoms with Crippen LogP contribution in [0.4, 0.5) is 0 Å². The Kier molecular flexibility index (Phi) is 9.81. The van der Waals surface area contributed by atoms with E-state index in [1.807, 2.05) is 31.2 Å². The Morgan fingerprint density at radius 3 is 2.40 bits per heavy atom. The van der Waals surface area contributed by atoms with Gasteiger partial charge in [0.15, 0.2) is 5.96 Å². The van der Waals surface area contributed by atoms with E-state index in [-0.39, 0.29) is 36.0 Å². The highest BCUT2D eigenvalue weighted by Crippen LogP contribution is 2.18. The number of aliphatic imine (C=N–C) groups is 1. The number of benzene rings is 1. The summed E-state index contributed by atoms with van der Waals surface area (Å²) in [7, 11) is 1.62. The third-order valence-corrected chi connectivity index (χ3v) is 4.24. The number of nitrogens with one attached hydrogen (secondary N) is 3. The zero-order chi connectivity index (χ0) is 17.4. The zero-order valence-corrected chi connectivity index (χ0v) is 17.2. The molecule has 7 heteroatoms. The quantitative estimate of drug-likeness (QED) is 0.308. The molecule has 1 saturated carbocycles. The van der Waals surface area contributed by atoms with Gasteiger partial charge in [-0.3, -0.25) is 4.79 Å². The molecule has 1 amide bonds. The molecule has 0 atom stereocenters. The monoisotopic (exact) mass is 460 g/mol. The number of hydrogen-bond acceptors (Lipinski definition) is 3. The van der Waals surface area contributed by atoms with Gasteiger partial charge in [-0.1, -0.05) is 12.1 Å². The number of halogens is 1. The van der Waals surface area contributed by atoms with Crippen LogP contribution in [0.2, 0.25) is 0 Å². The minimum atomic E-state index is -0.151. The molecule has 1 aromatic carbocycles. The first-order valence-corrected chi connectivity index (χ1v) is 8.66. The van der Waals surface area contributed by atoms with E-state index in [1.54, 1.807) is 7.05 Å². The standard InChI is InChI=1S/C18H28N4O2.HI/c1-3-20-18(22-15-8-10-16(23)11-9-15)21-12-13-4-6-14(7-5-13)17(24)19-2;/h4-7,15-16,23H,3,8-12H2,1-2H3,(H,19,24)(H2,20,21,22);1H. The molecule has 0 spiro atoms. The summed E-state index contributed by atoms with van der Waals surface area (Å²) in [4.78, 5) is 16.2. The van der Waals surface area contributed by atoms with Gasteiger partial charge in [-0.05, 0) is 50.3 Å². The molecule has 0 aliphatic heterocycles. The van der Waals surface area contributed by atoms with E-state index in [4.69, 9.17) is 0 Å². The lowest BCUT2D eigenvalue weighted by atomic mass is 9.93. The maximum Gasteiger partial charge on any atom is 0.251 e. The van der Waals surface area contributed by atoms with Crippen LogP contribution in [0, 0.1) is 0 Å². The van der Waals surface area contributed by atoms with Gasteiger partial charge >= 0.3 is 0 Å². The molecule has 0 heterocycles. The summed E-state index contributed by atoms with van der Waals surface area (Å²) in [6.45, 7) is 3.40. The van der Waals surface area contributed by atoms with Crippen molar-refractivity contribution in [2.24, 2.45) is 4.99 Å². The summed E-state index contributed by atoms with van der Waals surface area (Å²) in [6, 6.07) is 7.84. The van der Waals surface area contributed by atoms with Crippen molar-refractivity contribution in [3.63, 3.8) is 0 Å². The molecule has 0 unspecified atom stereocenters. The Morgan fingerprint density at radius 2 is 1.84 bits per heavy atom. The third-order valence-electron chi connectivity index (χ3n) is 4.24. The molecular formula is C18H29IN4O2. The summed E-state index contributed by atoms with van der Waals surface area (Å²) in [5, 5.41) is 18.9. The second kappa shape index (κ2) is 11.3. The first-order chi connectivity index (χ1) is 11.6. The van der Waals surface area contributed by atoms with E-state index in [0.29, 0.717) is 18.2 Å². The van der Waals surface area contributed by atoms with Gasteiger partial charge in [0.05, 0.1) is 12.6 Å². The molecule has 0 radical (unpaired) electrons. The minimum absolute atomic E-state index is 0. The van der Waals surface area contributed by atoms with E-state index in [2.05, 4.69) is 20.9 Å². The van der Waals surface area contributed by atoms with Crippen molar-refractivity contribution in [1.82, 2.24) is 16.0 Å². The molecule has 6 nitrogen and oxygen atoms in total. The van der Waals surface area contributed by atoms with E-state index in [0.717, 1.165) is 43.8 Å². The summed E-state index contributed by atoms with van der Waals surface area (Å²) in [5.41, 5.74) is 1.70. The highest BCUT2D eigenvalue weighted by atomic mass is 127. The van der Waals surface area contributed by atoms with Crippen LogP contribution in [0.15, 0.2) is 29.3 Å². The molecule has 0 saturated heterocycles. The SMILES string of the molecule is CCNC(=NCc1ccc(C(=O)NC)cc1)NC1CCC(O)CC1.I. The van der Waals surface area contributed by atoms with Gasteiger partial charge in [0.25, 0.3) is 5.91 Å². The Balaban J connectivity index is 0.00000312. The number of carbonyl (C=O) groups is 1. The van der Waals surface area contributed by atoms with Crippen molar-refractivity contribution in [1.29, 1.82) is 0 Å². The lowest BCUT2D eigenvalue weighted by Gasteiger charge is -2.27. The van der Waals surface area contributed by atoms with Crippen molar-refractivity contribution < 1.29 is 9.90 Å². The zero-order valence-electron chi connectivity index (χ0n) is 14.9. The number of carbonyl (C=O) groups excluding carboxylic acids is 1. The van der Waals surface area contributed by atoms with E-state index >= 15 is 0 Å². The largest absolute Gasteiger partial charge is 0.393 e. The number of amides is 1. The first kappa shape index (κ1) is 21.7. The average molecular weight is 460 g/mol. The lowest BCUT2D eigenvalue weighted by Crippen LogP contribution is -2.45. The van der Waals surface area contributed by atoms with Gasteiger partial charge in [0, 0.05) is 25.2 Å². The second-order valence-electron chi connectivity index (χ2n) is 6.12. The molecule has 1 aromatic rings. The van der Waals surface area contributed by atoms with Crippen LogP contribution in [0.5, 0.6) is 0 Å². The summed E-state index contributed by atoms with van der Waals surface area (Å²) in [6.07, 6.45) is 3.47. The summed E-state index contributed by atoms with van der Waals surface area (Å²) in [5.74, 6) is 0.716. The van der Waals surface area contributed by atoms with Crippen molar-refractivity contribution in [3.8, 4) is 0 Å². The maximum atomic E-state index is 11.5. The van der Waals surface area contributed by atoms with Crippen molar-refractivity contribution in [3.05, 3.63) is 35.4 Å². The minimum Gasteiger partial charge on any atom is -0.393 e. The summed E-state index contributed by atoms with van der Waals surface area (Å²) < 4.78 is 0. The maximum absolute atomic E-state index is 11.5. The van der Waals surface area contributed by atoms with Crippen molar-refractivity contribution in [2.45, 2.75) is 51.3 Å². The van der Waals surface area contributed by atoms with Crippen LogP contribution in [-0.2, 0) is 6.54 Å². The number of aliphatic hydroxyl groups excluding tert-OH is 1. The van der Waals surface area contributed by atoms with Gasteiger partial charge < -0.3 is 21.1 Å². The Hall–Kier alpha value is -1.35. The van der Waals surface area contributed by atoms with Crippen molar-refractivity contribution >= 4 is 35.8 Å². The van der Waals surface area contributed by atoms with Crippen molar-refractivity contribution in [2.75, 3.05) is 13.6 Å². The number of rotatable bonds is 5. The molecule has 140 valence electrons. The fraction of sp³-hybridized carbons (Fsp3) is 0.556. The fourth-order valence-corrected chi connectivity index (χ4v) is 2.81. The highest BCUT2D eigenvalue weighted by molar-refractivity contribution is 14.0. The van der Waals surface area contributed by atoms with Crippen LogP contribution in [-0.4, -0.2) is 42.7 Å². The lowest BCUT2D eigenvalue weighted by molar-refractivity contribution is 0.0963. The van der Waals surface area contributed by atoms with Gasteiger partial charge in [-0.25, -0.2) is 4.99 Å². The Labute approximate surface area is 166 Å². The summed E-state index contributed by atoms with van der Waals surface area (Å²) >= 11 is 0. The van der Waals surface area contributed by atoms with Crippen LogP contribution >= 0.6 is 24.0 Å². The van der Waals surface area contributed by atoms with Gasteiger partial charge in [-0.15, -0.1) is 24.0 Å². The van der Waals surface area contributed by atoms with Gasteiger partial charge in [0.1, 0.15) is 0 Å². The number of hydrogen-bond donors (Lipinski definition) is 4. The number of nitrogens with zero attached hydrogens (tertiary/aromatic N) is 1. The molecule has 1 aliphatic rings. The molecule has 1 aliphatic carbocycles. The van der Waals surface area contributed by atoms with E-state index < -0.39 is 0 Å². The van der Waals surface area contributed by atoms with Crippen LogP contribution in [0.25, 0.3) is 0 Å². The smallest absolute Gasteiger partial charge is 0.251 e. The number of aliphatic hydroxyl groups is 1. The molecule has 0 bridgehead atoms. The molecule has 1 fully saturated rings. The second-order valence-corrected chi connectivity index (χ2v) is 6.12. The fourth-order valence-electron chi connectivity index (χ4n) is 2.81. The molecule has 25 heavy (non-hydrogen) atoms. The van der Waals surface area contributed by atoms with E-state index in [9.17, 15) is 9.90 Å². The molecular weight excluding hydrogens is 431 g/mol. The van der Waals surface area contributed by atoms with Gasteiger partial charge in [0.2, 0.25) is 0 Å². The normalized spacial score (nSPS) is 20.4. The van der Waals surface area contributed by atoms with Gasteiger partial charge in [-0.2, -0.15) is 0 Å². The molecule has 0 aromatic heterocycles. The topological polar surface area (TPSA) is 85.8 Å². The predicted octanol–water partition coefficient (Wildman–Crippen LogP) is 2.02. The third kappa shape index (κ3) is 7.19. The number of guanidine groups is 1. The first-order valence-electron chi connectivity index (χ1n) is 8.66. The van der Waals surface area contributed by atoms with Crippen LogP contribution in [0.1, 0.15) is 48.5 Å². The Morgan fingerprint density at radius 1 is 1.20 bits per heavy atom. The Bertz CT molecular complexity index is 555. The van der Waals surface area contributed by atoms with Crippen LogP contribution < -0.4 is 16.0 Å². The highest BCUT2D eigenvalue weighted by Gasteiger charge is 2.19. The predicted molar refractivity (Wildman–Crippen MR) is 111 cm³/mol. The van der Waals surface area contributed by atoms with E-state index in [1.165, 1.54) is 0 Å². The molecule has 4 N–H and O–H groups in total.